The molecule has 9 nitrogen and oxygen atoms in total. The highest BCUT2D eigenvalue weighted by atomic mass is 16.5. The molecule has 0 aliphatic carbocycles. The number of nitrogens with one attached hydrogen (secondary N) is 2. The van der Waals surface area contributed by atoms with Gasteiger partial charge in [-0.2, -0.15) is 0 Å². The fourth-order valence-corrected chi connectivity index (χ4v) is 4.60. The van der Waals surface area contributed by atoms with Gasteiger partial charge in [-0.3, -0.25) is 19.2 Å². The maximum Gasteiger partial charge on any atom is 0.308 e. The molecule has 9 heteroatoms. The summed E-state index contributed by atoms with van der Waals surface area (Å²) in [5.41, 5.74) is 4.49. The quantitative estimate of drug-likeness (QED) is 0.140. The number of fused-ring (bicyclic) bond motifs is 2. The molecule has 42 heavy (non-hydrogen) atoms. The highest BCUT2D eigenvalue weighted by molar-refractivity contribution is 6.09. The first-order valence-electron chi connectivity index (χ1n) is 13.1. The van der Waals surface area contributed by atoms with Crippen LogP contribution in [0.25, 0.3) is 21.8 Å². The molecule has 1 heterocycles. The van der Waals surface area contributed by atoms with E-state index in [-0.39, 0.29) is 22.6 Å². The third-order valence-electron chi connectivity index (χ3n) is 6.57. The second-order valence-corrected chi connectivity index (χ2v) is 9.80. The first-order valence-corrected chi connectivity index (χ1v) is 13.1. The van der Waals surface area contributed by atoms with E-state index in [0.29, 0.717) is 22.4 Å². The van der Waals surface area contributed by atoms with E-state index in [1.165, 1.54) is 13.8 Å². The van der Waals surface area contributed by atoms with Crippen molar-refractivity contribution >= 4 is 56.9 Å². The SMILES string of the molecule is CC(=O)Oc1ccccc1C(=O)Nc1cc2nc3cc(NC(=O)c4ccccc4OC(C)=O)c(C)cc3cc2cc1C. The lowest BCUT2D eigenvalue weighted by atomic mass is 10.0. The van der Waals surface area contributed by atoms with E-state index >= 15 is 0 Å². The van der Waals surface area contributed by atoms with E-state index in [4.69, 9.17) is 14.5 Å². The Morgan fingerprint density at radius 2 is 1.00 bits per heavy atom. The van der Waals surface area contributed by atoms with Gasteiger partial charge in [0.05, 0.1) is 22.2 Å². The van der Waals surface area contributed by atoms with Crippen molar-refractivity contribution < 1.29 is 28.7 Å². The number of esters is 2. The van der Waals surface area contributed by atoms with Gasteiger partial charge < -0.3 is 20.1 Å². The molecule has 2 amide bonds. The van der Waals surface area contributed by atoms with Crippen molar-refractivity contribution in [2.45, 2.75) is 27.7 Å². The van der Waals surface area contributed by atoms with E-state index in [0.717, 1.165) is 21.9 Å². The molecule has 0 fully saturated rings. The predicted octanol–water partition coefficient (Wildman–Crippen LogP) is 6.36. The number of amides is 2. The summed E-state index contributed by atoms with van der Waals surface area (Å²) >= 11 is 0. The van der Waals surface area contributed by atoms with Gasteiger partial charge in [-0.1, -0.05) is 24.3 Å². The predicted molar refractivity (Wildman–Crippen MR) is 160 cm³/mol. The Bertz CT molecular complexity index is 1780. The monoisotopic (exact) mass is 561 g/mol. The molecule has 0 saturated carbocycles. The maximum atomic E-state index is 13.1. The Labute approximate surface area is 241 Å². The lowest BCUT2D eigenvalue weighted by Gasteiger charge is -2.14. The molecule has 0 aliphatic rings. The van der Waals surface area contributed by atoms with Gasteiger partial charge in [0.2, 0.25) is 0 Å². The molecule has 4 aromatic carbocycles. The minimum atomic E-state index is -0.521. The van der Waals surface area contributed by atoms with Crippen LogP contribution >= 0.6 is 0 Å². The van der Waals surface area contributed by atoms with Crippen molar-refractivity contribution in [3.8, 4) is 11.5 Å². The van der Waals surface area contributed by atoms with Gasteiger partial charge in [0.15, 0.2) is 0 Å². The second-order valence-electron chi connectivity index (χ2n) is 9.80. The zero-order valence-electron chi connectivity index (χ0n) is 23.4. The van der Waals surface area contributed by atoms with Crippen LogP contribution in [0.2, 0.25) is 0 Å². The van der Waals surface area contributed by atoms with Crippen LogP contribution in [0.1, 0.15) is 45.7 Å². The van der Waals surface area contributed by atoms with Gasteiger partial charge in [0, 0.05) is 36.0 Å². The number of aromatic nitrogens is 1. The number of ether oxygens (including phenoxy) is 2. The summed E-state index contributed by atoms with van der Waals surface area (Å²) in [6, 6.07) is 22.5. The van der Waals surface area contributed by atoms with Crippen LogP contribution in [-0.2, 0) is 9.59 Å². The normalized spacial score (nSPS) is 10.8. The number of pyridine rings is 1. The van der Waals surface area contributed by atoms with Gasteiger partial charge in [0.1, 0.15) is 11.5 Å². The molecule has 0 saturated heterocycles. The molecule has 210 valence electrons. The highest BCUT2D eigenvalue weighted by Crippen LogP contribution is 2.30. The van der Waals surface area contributed by atoms with Gasteiger partial charge in [-0.05, 0) is 79.6 Å². The Hall–Kier alpha value is -5.57. The fourth-order valence-electron chi connectivity index (χ4n) is 4.60. The van der Waals surface area contributed by atoms with Crippen LogP contribution in [0.4, 0.5) is 11.4 Å². The molecule has 0 aliphatic heterocycles. The van der Waals surface area contributed by atoms with Gasteiger partial charge >= 0.3 is 11.9 Å². The van der Waals surface area contributed by atoms with E-state index in [1.54, 1.807) is 60.7 Å². The van der Waals surface area contributed by atoms with Crippen molar-refractivity contribution in [2.75, 3.05) is 10.6 Å². The van der Waals surface area contributed by atoms with Crippen LogP contribution in [0, 0.1) is 13.8 Å². The van der Waals surface area contributed by atoms with Crippen molar-refractivity contribution in [1.29, 1.82) is 0 Å². The van der Waals surface area contributed by atoms with E-state index in [2.05, 4.69) is 10.6 Å². The number of carbonyl (C=O) groups excluding carboxylic acids is 4. The zero-order chi connectivity index (χ0) is 30.0. The van der Waals surface area contributed by atoms with E-state index in [9.17, 15) is 19.2 Å². The number of nitrogens with zero attached hydrogens (tertiary/aromatic N) is 1. The van der Waals surface area contributed by atoms with Crippen molar-refractivity contribution in [1.82, 2.24) is 4.98 Å². The van der Waals surface area contributed by atoms with Crippen molar-refractivity contribution in [3.63, 3.8) is 0 Å². The molecular weight excluding hydrogens is 534 g/mol. The lowest BCUT2D eigenvalue weighted by molar-refractivity contribution is -0.132. The number of carbonyl (C=O) groups is 4. The number of aryl methyl sites for hydroxylation is 2. The summed E-state index contributed by atoms with van der Waals surface area (Å²) in [5, 5.41) is 7.56. The third kappa shape index (κ3) is 5.95. The van der Waals surface area contributed by atoms with Crippen LogP contribution in [0.3, 0.4) is 0 Å². The van der Waals surface area contributed by atoms with Crippen LogP contribution in [0.5, 0.6) is 11.5 Å². The second kappa shape index (κ2) is 11.5. The smallest absolute Gasteiger partial charge is 0.308 e. The zero-order valence-corrected chi connectivity index (χ0v) is 23.4. The molecule has 0 radical (unpaired) electrons. The number of benzene rings is 4. The van der Waals surface area contributed by atoms with Crippen LogP contribution in [0.15, 0.2) is 78.9 Å². The summed E-state index contributed by atoms with van der Waals surface area (Å²) in [4.78, 5) is 54.0. The molecule has 0 unspecified atom stereocenters. The summed E-state index contributed by atoms with van der Waals surface area (Å²) in [7, 11) is 0. The summed E-state index contributed by atoms with van der Waals surface area (Å²) < 4.78 is 10.4. The average molecular weight is 562 g/mol. The Kier molecular flexibility index (Phi) is 7.66. The topological polar surface area (TPSA) is 124 Å². The molecular formula is C33H27N3O6. The van der Waals surface area contributed by atoms with E-state index < -0.39 is 23.8 Å². The number of rotatable bonds is 6. The summed E-state index contributed by atoms with van der Waals surface area (Å²) in [6.45, 7) is 6.32. The molecule has 1 aromatic heterocycles. The molecule has 2 N–H and O–H groups in total. The van der Waals surface area contributed by atoms with Gasteiger partial charge in [-0.15, -0.1) is 0 Å². The van der Waals surface area contributed by atoms with Gasteiger partial charge in [-0.25, -0.2) is 4.98 Å². The minimum Gasteiger partial charge on any atom is -0.426 e. The van der Waals surface area contributed by atoms with Gasteiger partial charge in [0.25, 0.3) is 11.8 Å². The van der Waals surface area contributed by atoms with Crippen LogP contribution < -0.4 is 20.1 Å². The van der Waals surface area contributed by atoms with Crippen molar-refractivity contribution in [3.05, 3.63) is 101 Å². The Balaban J connectivity index is 1.46. The molecule has 0 bridgehead atoms. The van der Waals surface area contributed by atoms with Crippen molar-refractivity contribution in [2.24, 2.45) is 0 Å². The molecule has 5 aromatic rings. The highest BCUT2D eigenvalue weighted by Gasteiger charge is 2.17. The molecule has 0 atom stereocenters. The fraction of sp³-hybridized carbons (Fsp3) is 0.121. The van der Waals surface area contributed by atoms with E-state index in [1.807, 2.05) is 32.0 Å². The summed E-state index contributed by atoms with van der Waals surface area (Å²) in [6.07, 6.45) is 0. The number of anilines is 2. The first kappa shape index (κ1) is 28.0. The summed E-state index contributed by atoms with van der Waals surface area (Å²) in [5.74, 6) is -1.55. The average Bonchev–Trinajstić information content (AvgIpc) is 2.93. The first-order chi connectivity index (χ1) is 20.1. The number of para-hydroxylation sites is 2. The Morgan fingerprint density at radius 1 is 0.595 bits per heavy atom. The standard InChI is InChI=1S/C33H27N3O6/c1-18-13-22-15-23-14-19(2)27(36-33(40)25-10-6-8-12-31(25)42-21(4)38)17-29(23)34-28(22)16-26(18)35-32(39)24-9-5-7-11-30(24)41-20(3)37/h5-17H,1-4H3,(H,35,39)(H,36,40). The third-order valence-corrected chi connectivity index (χ3v) is 6.57. The number of hydrogen-bond acceptors (Lipinski definition) is 7. The molecule has 0 spiro atoms. The largest absolute Gasteiger partial charge is 0.426 e. The maximum absolute atomic E-state index is 13.1. The molecule has 5 rings (SSSR count). The number of hydrogen-bond donors (Lipinski definition) is 2. The Morgan fingerprint density at radius 3 is 1.40 bits per heavy atom. The lowest BCUT2D eigenvalue weighted by Crippen LogP contribution is -2.15. The minimum absolute atomic E-state index is 0.172. The van der Waals surface area contributed by atoms with Crippen LogP contribution in [-0.4, -0.2) is 28.7 Å².